The number of aromatic nitrogens is 1. The fourth-order valence-electron chi connectivity index (χ4n) is 4.41. The minimum atomic E-state index is -0.430. The highest BCUT2D eigenvalue weighted by Gasteiger charge is 2.38. The number of hydrogen-bond acceptors (Lipinski definition) is 6. The first-order chi connectivity index (χ1) is 15.5. The average molecular weight is 459 g/mol. The van der Waals surface area contributed by atoms with Crippen LogP contribution >= 0.6 is 11.3 Å². The molecular formula is C22H23FN4O4S. The van der Waals surface area contributed by atoms with Crippen LogP contribution in [-0.2, 0) is 32.1 Å². The first-order valence-corrected chi connectivity index (χ1v) is 11.6. The molecule has 3 aliphatic rings. The van der Waals surface area contributed by atoms with Gasteiger partial charge >= 0.3 is 0 Å². The Morgan fingerprint density at radius 2 is 2.06 bits per heavy atom. The Kier molecular flexibility index (Phi) is 5.64. The van der Waals surface area contributed by atoms with Crippen LogP contribution in [0.3, 0.4) is 0 Å². The summed E-state index contributed by atoms with van der Waals surface area (Å²) in [7, 11) is 0. The Bertz CT molecular complexity index is 1050. The second-order valence-electron chi connectivity index (χ2n) is 8.27. The number of nitrogens with one attached hydrogen (secondary N) is 1. The van der Waals surface area contributed by atoms with Crippen LogP contribution in [-0.4, -0.2) is 53.4 Å². The number of carbonyl (C=O) groups is 3. The lowest BCUT2D eigenvalue weighted by molar-refractivity contribution is -0.136. The van der Waals surface area contributed by atoms with Crippen LogP contribution in [0.2, 0.25) is 0 Å². The van der Waals surface area contributed by atoms with E-state index in [1.54, 1.807) is 21.9 Å². The third-order valence-corrected chi connectivity index (χ3v) is 7.11. The highest BCUT2D eigenvalue weighted by atomic mass is 32.1. The van der Waals surface area contributed by atoms with Gasteiger partial charge in [0.2, 0.25) is 11.8 Å². The number of hydrogen-bond donors (Lipinski definition) is 1. The molecule has 2 atom stereocenters. The largest absolute Gasteiger partial charge is 0.368 e. The molecule has 0 radical (unpaired) electrons. The van der Waals surface area contributed by atoms with Crippen molar-refractivity contribution in [3.8, 4) is 0 Å². The summed E-state index contributed by atoms with van der Waals surface area (Å²) in [5.41, 5.74) is 1.50. The number of ether oxygens (including phenoxy) is 1. The van der Waals surface area contributed by atoms with E-state index in [1.165, 1.54) is 23.5 Å². The molecule has 8 nitrogen and oxygen atoms in total. The number of anilines is 2. The minimum absolute atomic E-state index is 0.0630. The molecule has 0 saturated carbocycles. The van der Waals surface area contributed by atoms with E-state index in [-0.39, 0.29) is 36.5 Å². The summed E-state index contributed by atoms with van der Waals surface area (Å²) < 4.78 is 18.6. The number of nitrogens with zero attached hydrogens (tertiary/aromatic N) is 3. The summed E-state index contributed by atoms with van der Waals surface area (Å²) in [6.45, 7) is 1.84. The van der Waals surface area contributed by atoms with Crippen LogP contribution in [0.5, 0.6) is 0 Å². The molecule has 0 spiro atoms. The lowest BCUT2D eigenvalue weighted by Gasteiger charge is -2.28. The molecule has 2 aromatic rings. The SMILES string of the molecule is O=C(Nc1nc2c(s1)CN(C(=O)[C@@H]1CC(=O)N(c3ccc(F)cc3)C1)CC2)[C@@H]1CCCO1. The van der Waals surface area contributed by atoms with Crippen LogP contribution in [0.4, 0.5) is 15.2 Å². The number of amides is 3. The van der Waals surface area contributed by atoms with E-state index in [2.05, 4.69) is 10.3 Å². The van der Waals surface area contributed by atoms with Gasteiger partial charge < -0.3 is 14.5 Å². The molecule has 3 aliphatic heterocycles. The highest BCUT2D eigenvalue weighted by Crippen LogP contribution is 2.32. The monoisotopic (exact) mass is 458 g/mol. The van der Waals surface area contributed by atoms with E-state index in [0.29, 0.717) is 43.4 Å². The fourth-order valence-corrected chi connectivity index (χ4v) is 5.44. The molecule has 32 heavy (non-hydrogen) atoms. The van der Waals surface area contributed by atoms with Crippen LogP contribution in [0, 0.1) is 11.7 Å². The predicted molar refractivity (Wildman–Crippen MR) is 116 cm³/mol. The minimum Gasteiger partial charge on any atom is -0.368 e. The maximum atomic E-state index is 13.2. The summed E-state index contributed by atoms with van der Waals surface area (Å²) in [6.07, 6.45) is 1.93. The summed E-state index contributed by atoms with van der Waals surface area (Å²) >= 11 is 1.38. The molecule has 10 heteroatoms. The van der Waals surface area contributed by atoms with Gasteiger partial charge in [-0.05, 0) is 37.1 Å². The third kappa shape index (κ3) is 4.12. The first-order valence-electron chi connectivity index (χ1n) is 10.7. The normalized spacial score (nSPS) is 22.8. The van der Waals surface area contributed by atoms with Crippen molar-refractivity contribution in [1.82, 2.24) is 9.88 Å². The van der Waals surface area contributed by atoms with Gasteiger partial charge in [0.05, 0.1) is 18.2 Å². The molecule has 5 rings (SSSR count). The summed E-state index contributed by atoms with van der Waals surface area (Å²) in [4.78, 5) is 46.7. The topological polar surface area (TPSA) is 91.8 Å². The Labute approximate surface area is 188 Å². The molecule has 2 saturated heterocycles. The zero-order chi connectivity index (χ0) is 22.2. The van der Waals surface area contributed by atoms with Crippen molar-refractivity contribution >= 4 is 39.9 Å². The maximum absolute atomic E-state index is 13.2. The predicted octanol–water partition coefficient (Wildman–Crippen LogP) is 2.34. The van der Waals surface area contributed by atoms with E-state index >= 15 is 0 Å². The van der Waals surface area contributed by atoms with Gasteiger partial charge in [-0.15, -0.1) is 0 Å². The average Bonchev–Trinajstić information content (AvgIpc) is 3.53. The zero-order valence-corrected chi connectivity index (χ0v) is 18.2. The van der Waals surface area contributed by atoms with Crippen molar-refractivity contribution in [2.75, 3.05) is 29.9 Å². The van der Waals surface area contributed by atoms with Crippen LogP contribution in [0.15, 0.2) is 24.3 Å². The Balaban J connectivity index is 1.22. The number of thiazole rings is 1. The summed E-state index contributed by atoms with van der Waals surface area (Å²) in [5.74, 6) is -1.17. The van der Waals surface area contributed by atoms with Crippen LogP contribution < -0.4 is 10.2 Å². The molecular weight excluding hydrogens is 435 g/mol. The number of fused-ring (bicyclic) bond motifs is 1. The van der Waals surface area contributed by atoms with Crippen molar-refractivity contribution in [1.29, 1.82) is 0 Å². The van der Waals surface area contributed by atoms with Crippen molar-refractivity contribution in [2.45, 2.75) is 38.3 Å². The Morgan fingerprint density at radius 1 is 1.25 bits per heavy atom. The Hall–Kier alpha value is -2.85. The second-order valence-corrected chi connectivity index (χ2v) is 9.36. The Morgan fingerprint density at radius 3 is 2.81 bits per heavy atom. The lowest BCUT2D eigenvalue weighted by atomic mass is 10.1. The molecule has 1 aromatic carbocycles. The van der Waals surface area contributed by atoms with E-state index in [1.807, 2.05) is 0 Å². The fraction of sp³-hybridized carbons (Fsp3) is 0.455. The van der Waals surface area contributed by atoms with Gasteiger partial charge in [0.15, 0.2) is 5.13 Å². The molecule has 1 aromatic heterocycles. The first kappa shape index (κ1) is 21.0. The van der Waals surface area contributed by atoms with Gasteiger partial charge in [-0.2, -0.15) is 0 Å². The third-order valence-electron chi connectivity index (χ3n) is 6.11. The van der Waals surface area contributed by atoms with Crippen molar-refractivity contribution < 1.29 is 23.5 Å². The molecule has 1 N–H and O–H groups in total. The summed E-state index contributed by atoms with van der Waals surface area (Å²) in [6, 6.07) is 5.72. The molecule has 2 fully saturated rings. The number of rotatable bonds is 4. The number of carbonyl (C=O) groups excluding carboxylic acids is 3. The molecule has 168 valence electrons. The highest BCUT2D eigenvalue weighted by molar-refractivity contribution is 7.15. The lowest BCUT2D eigenvalue weighted by Crippen LogP contribution is -2.40. The van der Waals surface area contributed by atoms with Gasteiger partial charge in [0, 0.05) is 43.1 Å². The molecule has 4 heterocycles. The standard InChI is InChI=1S/C22H23FN4O4S/c23-14-3-5-15(6-4-14)27-11-13(10-19(27)28)21(30)26-8-7-16-18(12-26)32-22(24-16)25-20(29)17-2-1-9-31-17/h3-6,13,17H,1-2,7-12H2,(H,24,25,29)/t13-,17+/m1/s1. The van der Waals surface area contributed by atoms with Crippen molar-refractivity contribution in [3.05, 3.63) is 40.7 Å². The van der Waals surface area contributed by atoms with Gasteiger partial charge in [-0.3, -0.25) is 19.7 Å². The number of benzene rings is 1. The molecule has 3 amide bonds. The van der Waals surface area contributed by atoms with Crippen molar-refractivity contribution in [3.63, 3.8) is 0 Å². The van der Waals surface area contributed by atoms with Crippen molar-refractivity contribution in [2.24, 2.45) is 5.92 Å². The smallest absolute Gasteiger partial charge is 0.255 e. The van der Waals surface area contributed by atoms with Gasteiger partial charge in [-0.1, -0.05) is 11.3 Å². The van der Waals surface area contributed by atoms with E-state index in [0.717, 1.165) is 17.0 Å². The van der Waals surface area contributed by atoms with Crippen LogP contribution in [0.25, 0.3) is 0 Å². The van der Waals surface area contributed by atoms with Gasteiger partial charge in [-0.25, -0.2) is 9.37 Å². The maximum Gasteiger partial charge on any atom is 0.255 e. The zero-order valence-electron chi connectivity index (χ0n) is 17.4. The molecule has 0 unspecified atom stereocenters. The second kappa shape index (κ2) is 8.59. The van der Waals surface area contributed by atoms with Crippen LogP contribution in [0.1, 0.15) is 29.8 Å². The van der Waals surface area contributed by atoms with Gasteiger partial charge in [0.25, 0.3) is 5.91 Å². The van der Waals surface area contributed by atoms with Gasteiger partial charge in [0.1, 0.15) is 11.9 Å². The summed E-state index contributed by atoms with van der Waals surface area (Å²) in [5, 5.41) is 3.37. The molecule has 0 aliphatic carbocycles. The molecule has 0 bridgehead atoms. The number of halogens is 1. The van der Waals surface area contributed by atoms with E-state index < -0.39 is 12.0 Å². The van der Waals surface area contributed by atoms with E-state index in [4.69, 9.17) is 4.74 Å². The van der Waals surface area contributed by atoms with E-state index in [9.17, 15) is 18.8 Å². The quantitative estimate of drug-likeness (QED) is 0.759.